The van der Waals surface area contributed by atoms with Gasteiger partial charge in [0.2, 0.25) is 5.95 Å². The number of pyridine rings is 1. The molecule has 9 heteroatoms. The number of hydrogen-bond acceptors (Lipinski definition) is 7. The van der Waals surface area contributed by atoms with Crippen LogP contribution in [0.4, 0.5) is 16.4 Å². The molecule has 2 N–H and O–H groups in total. The Morgan fingerprint density at radius 3 is 2.35 bits per heavy atom. The van der Waals surface area contributed by atoms with E-state index < -0.39 is 11.9 Å². The highest BCUT2D eigenvalue weighted by Gasteiger charge is 2.23. The molecule has 0 bridgehead atoms. The summed E-state index contributed by atoms with van der Waals surface area (Å²) in [6.45, 7) is 3.30. The SMILES string of the molecule is O=C1NC(=O)/C(=C/c2ccnc(N3CCN(c4ccncc4)CC3)n2)N1. The summed E-state index contributed by atoms with van der Waals surface area (Å²) in [5.41, 5.74) is 1.91. The Morgan fingerprint density at radius 2 is 1.65 bits per heavy atom. The molecule has 0 aliphatic carbocycles. The normalized spacial score (nSPS) is 18.8. The van der Waals surface area contributed by atoms with Crippen LogP contribution in [0.15, 0.2) is 42.5 Å². The van der Waals surface area contributed by atoms with E-state index in [2.05, 4.69) is 35.4 Å². The fraction of sp³-hybridized carbons (Fsp3) is 0.235. The molecule has 0 unspecified atom stereocenters. The predicted molar refractivity (Wildman–Crippen MR) is 95.3 cm³/mol. The first-order chi connectivity index (χ1) is 12.7. The highest BCUT2D eigenvalue weighted by Crippen LogP contribution is 2.18. The molecule has 0 atom stereocenters. The third-order valence-corrected chi connectivity index (χ3v) is 4.27. The number of carbonyl (C=O) groups is 2. The second-order valence-electron chi connectivity index (χ2n) is 5.93. The van der Waals surface area contributed by atoms with E-state index in [9.17, 15) is 9.59 Å². The number of hydrogen-bond donors (Lipinski definition) is 2. The molecule has 0 saturated carbocycles. The average molecular weight is 351 g/mol. The lowest BCUT2D eigenvalue weighted by Gasteiger charge is -2.36. The van der Waals surface area contributed by atoms with E-state index in [-0.39, 0.29) is 5.70 Å². The van der Waals surface area contributed by atoms with Crippen molar-refractivity contribution < 1.29 is 9.59 Å². The second kappa shape index (κ2) is 6.79. The molecule has 2 saturated heterocycles. The van der Waals surface area contributed by atoms with Crippen LogP contribution in [0.2, 0.25) is 0 Å². The molecule has 0 aromatic carbocycles. The van der Waals surface area contributed by atoms with Gasteiger partial charge in [0.15, 0.2) is 0 Å². The van der Waals surface area contributed by atoms with Gasteiger partial charge in [-0.25, -0.2) is 14.8 Å². The van der Waals surface area contributed by atoms with Crippen LogP contribution in [-0.2, 0) is 4.79 Å². The Kier molecular flexibility index (Phi) is 4.18. The molecule has 0 radical (unpaired) electrons. The summed E-state index contributed by atoms with van der Waals surface area (Å²) in [7, 11) is 0. The second-order valence-corrected chi connectivity index (χ2v) is 5.93. The number of nitrogens with one attached hydrogen (secondary N) is 2. The van der Waals surface area contributed by atoms with Crippen molar-refractivity contribution in [2.45, 2.75) is 0 Å². The van der Waals surface area contributed by atoms with Gasteiger partial charge in [0.25, 0.3) is 5.91 Å². The summed E-state index contributed by atoms with van der Waals surface area (Å²) in [5.74, 6) is 0.152. The Hall–Kier alpha value is -3.49. The molecule has 4 heterocycles. The lowest BCUT2D eigenvalue weighted by Crippen LogP contribution is -2.47. The van der Waals surface area contributed by atoms with Crippen molar-refractivity contribution in [3.8, 4) is 0 Å². The van der Waals surface area contributed by atoms with Gasteiger partial charge in [-0.3, -0.25) is 15.1 Å². The van der Waals surface area contributed by atoms with E-state index in [4.69, 9.17) is 0 Å². The third-order valence-electron chi connectivity index (χ3n) is 4.27. The molecule has 2 fully saturated rings. The van der Waals surface area contributed by atoms with Crippen LogP contribution in [0.5, 0.6) is 0 Å². The van der Waals surface area contributed by atoms with Crippen LogP contribution in [0.1, 0.15) is 5.69 Å². The first-order valence-corrected chi connectivity index (χ1v) is 8.26. The maximum Gasteiger partial charge on any atom is 0.326 e. The fourth-order valence-electron chi connectivity index (χ4n) is 2.94. The maximum absolute atomic E-state index is 11.6. The summed E-state index contributed by atoms with van der Waals surface area (Å²) in [5, 5.41) is 4.62. The summed E-state index contributed by atoms with van der Waals surface area (Å²) < 4.78 is 0. The Morgan fingerprint density at radius 1 is 0.923 bits per heavy atom. The van der Waals surface area contributed by atoms with Crippen molar-refractivity contribution in [2.75, 3.05) is 36.0 Å². The van der Waals surface area contributed by atoms with E-state index in [0.29, 0.717) is 11.6 Å². The number of rotatable bonds is 3. The monoisotopic (exact) mass is 351 g/mol. The number of piperazine rings is 1. The summed E-state index contributed by atoms with van der Waals surface area (Å²) in [6, 6.07) is 5.17. The number of urea groups is 1. The molecule has 3 amide bonds. The van der Waals surface area contributed by atoms with Crippen LogP contribution in [-0.4, -0.2) is 53.1 Å². The van der Waals surface area contributed by atoms with Gasteiger partial charge >= 0.3 is 6.03 Å². The van der Waals surface area contributed by atoms with Crippen molar-refractivity contribution in [1.82, 2.24) is 25.6 Å². The lowest BCUT2D eigenvalue weighted by atomic mass is 10.2. The van der Waals surface area contributed by atoms with Crippen LogP contribution >= 0.6 is 0 Å². The van der Waals surface area contributed by atoms with E-state index in [0.717, 1.165) is 31.9 Å². The van der Waals surface area contributed by atoms with Crippen molar-refractivity contribution in [3.63, 3.8) is 0 Å². The lowest BCUT2D eigenvalue weighted by molar-refractivity contribution is -0.115. The summed E-state index contributed by atoms with van der Waals surface area (Å²) in [6.07, 6.45) is 6.77. The smallest absolute Gasteiger partial charge is 0.326 e. The fourth-order valence-corrected chi connectivity index (χ4v) is 2.94. The quantitative estimate of drug-likeness (QED) is 0.608. The molecule has 4 rings (SSSR count). The van der Waals surface area contributed by atoms with Gasteiger partial charge in [-0.2, -0.15) is 0 Å². The maximum atomic E-state index is 11.6. The van der Waals surface area contributed by atoms with E-state index in [1.165, 1.54) is 0 Å². The standard InChI is InChI=1S/C17H17N7O2/c25-15-14(21-17(26)22-15)11-12-1-6-19-16(20-12)24-9-7-23(8-10-24)13-2-4-18-5-3-13/h1-6,11H,7-10H2,(H2,21,22,25,26)/b14-11-. The molecule has 2 aliphatic heterocycles. The van der Waals surface area contributed by atoms with Gasteiger partial charge in [-0.05, 0) is 24.3 Å². The minimum Gasteiger partial charge on any atom is -0.368 e. The van der Waals surface area contributed by atoms with Gasteiger partial charge in [0.1, 0.15) is 5.70 Å². The zero-order chi connectivity index (χ0) is 17.9. The third kappa shape index (κ3) is 3.32. The van der Waals surface area contributed by atoms with Gasteiger partial charge in [-0.1, -0.05) is 0 Å². The Balaban J connectivity index is 1.45. The first-order valence-electron chi connectivity index (χ1n) is 8.26. The largest absolute Gasteiger partial charge is 0.368 e. The Labute approximate surface area is 149 Å². The highest BCUT2D eigenvalue weighted by molar-refractivity contribution is 6.13. The summed E-state index contributed by atoms with van der Waals surface area (Å²) in [4.78, 5) is 40.1. The molecule has 132 valence electrons. The van der Waals surface area contributed by atoms with Crippen molar-refractivity contribution in [1.29, 1.82) is 0 Å². The molecule has 0 spiro atoms. The number of carbonyl (C=O) groups excluding carboxylic acids is 2. The number of amides is 3. The number of imide groups is 1. The highest BCUT2D eigenvalue weighted by atomic mass is 16.2. The van der Waals surface area contributed by atoms with Crippen LogP contribution in [0, 0.1) is 0 Å². The van der Waals surface area contributed by atoms with Gasteiger partial charge in [0, 0.05) is 50.5 Å². The summed E-state index contributed by atoms with van der Waals surface area (Å²) >= 11 is 0. The number of anilines is 2. The van der Waals surface area contributed by atoms with Gasteiger partial charge in [0.05, 0.1) is 5.69 Å². The van der Waals surface area contributed by atoms with Crippen LogP contribution in [0.25, 0.3) is 6.08 Å². The van der Waals surface area contributed by atoms with Crippen molar-refractivity contribution in [3.05, 3.63) is 48.2 Å². The van der Waals surface area contributed by atoms with Crippen LogP contribution in [0.3, 0.4) is 0 Å². The molecule has 26 heavy (non-hydrogen) atoms. The number of nitrogens with zero attached hydrogens (tertiary/aromatic N) is 5. The van der Waals surface area contributed by atoms with E-state index >= 15 is 0 Å². The molecule has 9 nitrogen and oxygen atoms in total. The van der Waals surface area contributed by atoms with E-state index in [1.807, 2.05) is 12.1 Å². The Bertz CT molecular complexity index is 860. The molecule has 2 aliphatic rings. The molecular weight excluding hydrogens is 334 g/mol. The molecule has 2 aromatic heterocycles. The van der Waals surface area contributed by atoms with Gasteiger partial charge in [-0.15, -0.1) is 0 Å². The minimum absolute atomic E-state index is 0.183. The first kappa shape index (κ1) is 16.0. The number of aromatic nitrogens is 3. The molecule has 2 aromatic rings. The van der Waals surface area contributed by atoms with E-state index in [1.54, 1.807) is 30.7 Å². The van der Waals surface area contributed by atoms with Crippen molar-refractivity contribution >= 4 is 29.7 Å². The van der Waals surface area contributed by atoms with Crippen LogP contribution < -0.4 is 20.4 Å². The zero-order valence-corrected chi connectivity index (χ0v) is 13.9. The predicted octanol–water partition coefficient (Wildman–Crippen LogP) is 0.378. The minimum atomic E-state index is -0.525. The topological polar surface area (TPSA) is 103 Å². The average Bonchev–Trinajstić information content (AvgIpc) is 3.00. The van der Waals surface area contributed by atoms with Gasteiger partial charge < -0.3 is 15.1 Å². The molecular formula is C17H17N7O2. The van der Waals surface area contributed by atoms with Crippen molar-refractivity contribution in [2.24, 2.45) is 0 Å². The zero-order valence-electron chi connectivity index (χ0n) is 13.9.